The van der Waals surface area contributed by atoms with Gasteiger partial charge >= 0.3 is 0 Å². The number of nitrogens with zero attached hydrogens (tertiary/aromatic N) is 4. The van der Waals surface area contributed by atoms with E-state index in [1.165, 1.54) is 6.07 Å². The Bertz CT molecular complexity index is 740. The molecule has 7 heteroatoms. The molecule has 1 fully saturated rings. The molecule has 128 valence electrons. The number of hydrogen-bond acceptors (Lipinski definition) is 3. The fourth-order valence-electron chi connectivity index (χ4n) is 3.04. The predicted octanol–water partition coefficient (Wildman–Crippen LogP) is 3.00. The standard InChI is InChI=1S/C17H20BrFN4O/c1-12-14(18)11-20-23(12)13(2)17(24)22-9-7-21(8-10-22)16-6-4-3-5-15(16)19/h3-6,11,13H,7-10H2,1-2H3/t13-/m0/s1. The van der Waals surface area contributed by atoms with Crippen molar-refractivity contribution in [2.75, 3.05) is 31.1 Å². The molecular weight excluding hydrogens is 375 g/mol. The molecule has 0 spiro atoms. The van der Waals surface area contributed by atoms with Crippen LogP contribution >= 0.6 is 15.9 Å². The van der Waals surface area contributed by atoms with Crippen molar-refractivity contribution in [2.24, 2.45) is 0 Å². The van der Waals surface area contributed by atoms with Crippen molar-refractivity contribution in [1.29, 1.82) is 0 Å². The van der Waals surface area contributed by atoms with Gasteiger partial charge in [-0.15, -0.1) is 0 Å². The van der Waals surface area contributed by atoms with E-state index in [1.54, 1.807) is 23.0 Å². The summed E-state index contributed by atoms with van der Waals surface area (Å²) in [5, 5.41) is 4.27. The van der Waals surface area contributed by atoms with E-state index < -0.39 is 0 Å². The number of piperazine rings is 1. The molecule has 0 N–H and O–H groups in total. The van der Waals surface area contributed by atoms with Crippen LogP contribution in [0.5, 0.6) is 0 Å². The number of rotatable bonds is 3. The molecule has 5 nitrogen and oxygen atoms in total. The summed E-state index contributed by atoms with van der Waals surface area (Å²) in [5.74, 6) is -0.176. The zero-order chi connectivity index (χ0) is 17.3. The second-order valence-corrected chi connectivity index (χ2v) is 6.82. The second kappa shape index (κ2) is 6.93. The van der Waals surface area contributed by atoms with Crippen LogP contribution in [0.4, 0.5) is 10.1 Å². The van der Waals surface area contributed by atoms with Crippen molar-refractivity contribution in [3.63, 3.8) is 0 Å². The van der Waals surface area contributed by atoms with Crippen LogP contribution in [-0.4, -0.2) is 46.8 Å². The van der Waals surface area contributed by atoms with Crippen LogP contribution in [0, 0.1) is 12.7 Å². The lowest BCUT2D eigenvalue weighted by atomic mass is 10.2. The monoisotopic (exact) mass is 394 g/mol. The summed E-state index contributed by atoms with van der Waals surface area (Å²) >= 11 is 3.42. The lowest BCUT2D eigenvalue weighted by Gasteiger charge is -2.37. The Morgan fingerprint density at radius 2 is 1.92 bits per heavy atom. The van der Waals surface area contributed by atoms with Gasteiger partial charge in [0.25, 0.3) is 0 Å². The molecule has 1 aliphatic rings. The first-order chi connectivity index (χ1) is 11.5. The molecule has 1 amide bonds. The molecule has 1 aliphatic heterocycles. The van der Waals surface area contributed by atoms with E-state index in [0.717, 1.165) is 10.2 Å². The van der Waals surface area contributed by atoms with Crippen LogP contribution in [-0.2, 0) is 4.79 Å². The number of amides is 1. The molecule has 2 aromatic rings. The summed E-state index contributed by atoms with van der Waals surface area (Å²) in [7, 11) is 0. The molecule has 0 saturated carbocycles. The second-order valence-electron chi connectivity index (χ2n) is 5.96. The summed E-state index contributed by atoms with van der Waals surface area (Å²) < 4.78 is 16.5. The maximum atomic E-state index is 13.9. The lowest BCUT2D eigenvalue weighted by molar-refractivity contribution is -0.134. The molecule has 3 rings (SSSR count). The number of para-hydroxylation sites is 1. The van der Waals surface area contributed by atoms with Crippen LogP contribution in [0.25, 0.3) is 0 Å². The van der Waals surface area contributed by atoms with Crippen molar-refractivity contribution in [3.05, 3.63) is 46.4 Å². The maximum absolute atomic E-state index is 13.9. The van der Waals surface area contributed by atoms with Crippen LogP contribution in [0.2, 0.25) is 0 Å². The van der Waals surface area contributed by atoms with E-state index in [1.807, 2.05) is 29.7 Å². The number of carbonyl (C=O) groups excluding carboxylic acids is 1. The quantitative estimate of drug-likeness (QED) is 0.803. The Labute approximate surface area is 149 Å². The van der Waals surface area contributed by atoms with E-state index in [9.17, 15) is 9.18 Å². The number of halogens is 2. The third-order valence-corrected chi connectivity index (χ3v) is 5.27. The SMILES string of the molecule is Cc1c(Br)cnn1[C@@H](C)C(=O)N1CCN(c2ccccc2F)CC1. The summed E-state index contributed by atoms with van der Waals surface area (Å²) in [6, 6.07) is 6.41. The minimum atomic E-state index is -0.351. The van der Waals surface area contributed by atoms with Gasteiger partial charge in [0.2, 0.25) is 5.91 Å². The third-order valence-electron chi connectivity index (χ3n) is 4.49. The van der Waals surface area contributed by atoms with Crippen LogP contribution in [0.1, 0.15) is 18.7 Å². The average molecular weight is 395 g/mol. The normalized spacial score (nSPS) is 16.3. The average Bonchev–Trinajstić information content (AvgIpc) is 2.93. The van der Waals surface area contributed by atoms with Crippen molar-refractivity contribution in [1.82, 2.24) is 14.7 Å². The van der Waals surface area contributed by atoms with Crippen molar-refractivity contribution in [2.45, 2.75) is 19.9 Å². The topological polar surface area (TPSA) is 41.4 Å². The highest BCUT2D eigenvalue weighted by Gasteiger charge is 2.27. The first-order valence-corrected chi connectivity index (χ1v) is 8.76. The summed E-state index contributed by atoms with van der Waals surface area (Å²) in [5.41, 5.74) is 1.53. The molecule has 1 aromatic heterocycles. The highest BCUT2D eigenvalue weighted by atomic mass is 79.9. The maximum Gasteiger partial charge on any atom is 0.247 e. The Hall–Kier alpha value is -1.89. The number of aromatic nitrogens is 2. The fourth-order valence-corrected chi connectivity index (χ4v) is 3.31. The minimum absolute atomic E-state index is 0.0434. The molecule has 0 radical (unpaired) electrons. The summed E-state index contributed by atoms with van der Waals surface area (Å²) in [6.07, 6.45) is 1.70. The largest absolute Gasteiger partial charge is 0.366 e. The van der Waals surface area contributed by atoms with E-state index in [2.05, 4.69) is 21.0 Å². The zero-order valence-electron chi connectivity index (χ0n) is 13.7. The smallest absolute Gasteiger partial charge is 0.247 e. The highest BCUT2D eigenvalue weighted by molar-refractivity contribution is 9.10. The fraction of sp³-hybridized carbons (Fsp3) is 0.412. The van der Waals surface area contributed by atoms with Crippen LogP contribution in [0.15, 0.2) is 34.9 Å². The number of carbonyl (C=O) groups is 1. The Kier molecular flexibility index (Phi) is 4.89. The summed E-state index contributed by atoms with van der Waals surface area (Å²) in [4.78, 5) is 16.5. The summed E-state index contributed by atoms with van der Waals surface area (Å²) in [6.45, 7) is 6.20. The van der Waals surface area contributed by atoms with Gasteiger partial charge in [-0.2, -0.15) is 5.10 Å². The third kappa shape index (κ3) is 3.17. The zero-order valence-corrected chi connectivity index (χ0v) is 15.3. The molecule has 2 heterocycles. The molecule has 0 unspecified atom stereocenters. The Morgan fingerprint density at radius 1 is 1.25 bits per heavy atom. The van der Waals surface area contributed by atoms with Gasteiger partial charge < -0.3 is 9.80 Å². The van der Waals surface area contributed by atoms with Gasteiger partial charge in [0, 0.05) is 26.2 Å². The first kappa shape index (κ1) is 17.0. The van der Waals surface area contributed by atoms with E-state index in [4.69, 9.17) is 0 Å². The van der Waals surface area contributed by atoms with Gasteiger partial charge in [0.1, 0.15) is 11.9 Å². The van der Waals surface area contributed by atoms with Crippen LogP contribution < -0.4 is 4.90 Å². The van der Waals surface area contributed by atoms with Gasteiger partial charge in [0.15, 0.2) is 0 Å². The molecular formula is C17H20BrFN4O. The van der Waals surface area contributed by atoms with E-state index in [0.29, 0.717) is 31.9 Å². The lowest BCUT2D eigenvalue weighted by Crippen LogP contribution is -2.50. The van der Waals surface area contributed by atoms with Gasteiger partial charge in [-0.3, -0.25) is 9.48 Å². The number of hydrogen-bond donors (Lipinski definition) is 0. The molecule has 1 aromatic carbocycles. The Morgan fingerprint density at radius 3 is 2.50 bits per heavy atom. The predicted molar refractivity (Wildman–Crippen MR) is 94.6 cm³/mol. The van der Waals surface area contributed by atoms with Gasteiger partial charge in [-0.05, 0) is 41.9 Å². The molecule has 0 bridgehead atoms. The molecule has 1 saturated heterocycles. The van der Waals surface area contributed by atoms with Gasteiger partial charge in [-0.25, -0.2) is 4.39 Å². The highest BCUT2D eigenvalue weighted by Crippen LogP contribution is 2.23. The number of anilines is 1. The van der Waals surface area contributed by atoms with Crippen molar-refractivity contribution >= 4 is 27.5 Å². The molecule has 0 aliphatic carbocycles. The van der Waals surface area contributed by atoms with Crippen molar-refractivity contribution in [3.8, 4) is 0 Å². The van der Waals surface area contributed by atoms with Gasteiger partial charge in [-0.1, -0.05) is 12.1 Å². The molecule has 24 heavy (non-hydrogen) atoms. The Balaban J connectivity index is 1.65. The van der Waals surface area contributed by atoms with E-state index >= 15 is 0 Å². The minimum Gasteiger partial charge on any atom is -0.366 e. The first-order valence-electron chi connectivity index (χ1n) is 7.97. The number of benzene rings is 1. The van der Waals surface area contributed by atoms with Gasteiger partial charge in [0.05, 0.1) is 22.1 Å². The van der Waals surface area contributed by atoms with Crippen molar-refractivity contribution < 1.29 is 9.18 Å². The van der Waals surface area contributed by atoms with E-state index in [-0.39, 0.29) is 17.8 Å². The molecule has 1 atom stereocenters. The van der Waals surface area contributed by atoms with Crippen LogP contribution in [0.3, 0.4) is 0 Å².